The molecule has 1 fully saturated rings. The number of nitrogens with zero attached hydrogens (tertiary/aromatic N) is 2. The van der Waals surface area contributed by atoms with Gasteiger partial charge in [0.15, 0.2) is 5.78 Å². The van der Waals surface area contributed by atoms with Gasteiger partial charge in [-0.1, -0.05) is 0 Å². The molecule has 6 heteroatoms. The van der Waals surface area contributed by atoms with E-state index >= 15 is 0 Å². The number of carbonyl (C=O) groups excluding carboxylic acids is 1. The Kier molecular flexibility index (Phi) is 2.84. The van der Waals surface area contributed by atoms with Gasteiger partial charge >= 0.3 is 0 Å². The van der Waals surface area contributed by atoms with E-state index in [1.807, 2.05) is 0 Å². The lowest BCUT2D eigenvalue weighted by molar-refractivity contribution is 0.1000. The van der Waals surface area contributed by atoms with Gasteiger partial charge in [0.25, 0.3) is 0 Å². The topological polar surface area (TPSA) is 69.0 Å². The fourth-order valence-electron chi connectivity index (χ4n) is 2.01. The Morgan fingerprint density at radius 2 is 2.06 bits per heavy atom. The first kappa shape index (κ1) is 11.3. The Labute approximate surface area is 94.4 Å². The summed E-state index contributed by atoms with van der Waals surface area (Å²) in [5.41, 5.74) is 0.560. The summed E-state index contributed by atoms with van der Waals surface area (Å²) < 4.78 is 24.2. The number of hydrogen-bond donors (Lipinski definition) is 0. The van der Waals surface area contributed by atoms with Crippen molar-refractivity contribution >= 4 is 15.6 Å². The van der Waals surface area contributed by atoms with Crippen molar-refractivity contribution in [3.05, 3.63) is 18.0 Å². The van der Waals surface area contributed by atoms with Crippen molar-refractivity contribution in [2.75, 3.05) is 11.5 Å². The second kappa shape index (κ2) is 4.01. The average molecular weight is 242 g/mol. The minimum Gasteiger partial charge on any atom is -0.293 e. The first-order valence-corrected chi connectivity index (χ1v) is 7.06. The third kappa shape index (κ3) is 2.16. The highest BCUT2D eigenvalue weighted by Crippen LogP contribution is 2.24. The predicted octanol–water partition coefficient (Wildman–Crippen LogP) is 0.835. The lowest BCUT2D eigenvalue weighted by atomic mass is 10.1. The molecule has 1 aliphatic heterocycles. The zero-order valence-corrected chi connectivity index (χ0v) is 9.90. The van der Waals surface area contributed by atoms with Gasteiger partial charge in [-0.15, -0.1) is 0 Å². The fourth-order valence-corrected chi connectivity index (χ4v) is 3.47. The molecule has 0 amide bonds. The second-order valence-electron chi connectivity index (χ2n) is 4.10. The van der Waals surface area contributed by atoms with Gasteiger partial charge in [-0.3, -0.25) is 9.48 Å². The van der Waals surface area contributed by atoms with Gasteiger partial charge in [-0.25, -0.2) is 8.42 Å². The smallest absolute Gasteiger partial charge is 0.177 e. The Bertz CT molecular complexity index is 490. The zero-order chi connectivity index (χ0) is 11.8. The number of hydrogen-bond acceptors (Lipinski definition) is 4. The number of aromatic nitrogens is 2. The summed E-state index contributed by atoms with van der Waals surface area (Å²) >= 11 is 0. The molecule has 5 nitrogen and oxygen atoms in total. The van der Waals surface area contributed by atoms with Crippen molar-refractivity contribution in [1.29, 1.82) is 0 Å². The van der Waals surface area contributed by atoms with Gasteiger partial charge < -0.3 is 0 Å². The predicted molar refractivity (Wildman–Crippen MR) is 59.2 cm³/mol. The quantitative estimate of drug-likeness (QED) is 0.720. The van der Waals surface area contributed by atoms with Crippen molar-refractivity contribution in [3.63, 3.8) is 0 Å². The molecule has 0 aliphatic carbocycles. The fraction of sp³-hybridized carbons (Fsp3) is 0.600. The molecular weight excluding hydrogens is 228 g/mol. The molecule has 1 aliphatic rings. The van der Waals surface area contributed by atoms with Crippen LogP contribution in [0.2, 0.25) is 0 Å². The van der Waals surface area contributed by atoms with Crippen LogP contribution >= 0.6 is 0 Å². The van der Waals surface area contributed by atoms with E-state index in [0.29, 0.717) is 18.5 Å². The van der Waals surface area contributed by atoms with Crippen LogP contribution in [0.4, 0.5) is 0 Å². The van der Waals surface area contributed by atoms with Crippen LogP contribution in [0.15, 0.2) is 12.3 Å². The van der Waals surface area contributed by atoms with Crippen LogP contribution in [0.25, 0.3) is 0 Å². The molecule has 1 aromatic rings. The number of sulfone groups is 1. The number of ketones is 1. The summed E-state index contributed by atoms with van der Waals surface area (Å²) in [6, 6.07) is 1.71. The SMILES string of the molecule is CC(=O)c1ccnn1C1CCS(=O)(=O)CC1. The van der Waals surface area contributed by atoms with E-state index in [-0.39, 0.29) is 23.3 Å². The van der Waals surface area contributed by atoms with Gasteiger partial charge in [0.2, 0.25) is 0 Å². The molecular formula is C10H14N2O3S. The van der Waals surface area contributed by atoms with E-state index in [1.54, 1.807) is 16.9 Å². The number of Topliss-reactive ketones (excluding diaryl/α,β-unsaturated/α-hetero) is 1. The average Bonchev–Trinajstić information content (AvgIpc) is 2.66. The summed E-state index contributed by atoms with van der Waals surface area (Å²) in [4.78, 5) is 11.3. The molecule has 0 spiro atoms. The van der Waals surface area contributed by atoms with Crippen LogP contribution in [-0.4, -0.2) is 35.5 Å². The minimum absolute atomic E-state index is 0.0362. The van der Waals surface area contributed by atoms with Gasteiger partial charge in [-0.05, 0) is 18.9 Å². The third-order valence-electron chi connectivity index (χ3n) is 2.90. The number of rotatable bonds is 2. The van der Waals surface area contributed by atoms with Crippen LogP contribution in [-0.2, 0) is 9.84 Å². The third-order valence-corrected chi connectivity index (χ3v) is 4.62. The van der Waals surface area contributed by atoms with Gasteiger partial charge in [0, 0.05) is 13.1 Å². The van der Waals surface area contributed by atoms with Crippen LogP contribution < -0.4 is 0 Å². The van der Waals surface area contributed by atoms with Crippen molar-refractivity contribution in [2.24, 2.45) is 0 Å². The van der Waals surface area contributed by atoms with Crippen LogP contribution in [0.5, 0.6) is 0 Å². The summed E-state index contributed by atoms with van der Waals surface area (Å²) in [7, 11) is -2.87. The molecule has 1 aromatic heterocycles. The van der Waals surface area contributed by atoms with E-state index in [2.05, 4.69) is 5.10 Å². The van der Waals surface area contributed by atoms with Gasteiger partial charge in [0.05, 0.1) is 17.5 Å². The minimum atomic E-state index is -2.87. The monoisotopic (exact) mass is 242 g/mol. The molecule has 88 valence electrons. The van der Waals surface area contributed by atoms with Crippen LogP contribution in [0, 0.1) is 0 Å². The zero-order valence-electron chi connectivity index (χ0n) is 9.09. The number of carbonyl (C=O) groups is 1. The summed E-state index contributed by atoms with van der Waals surface area (Å²) in [6.07, 6.45) is 2.68. The maximum Gasteiger partial charge on any atom is 0.177 e. The molecule has 1 saturated heterocycles. The Morgan fingerprint density at radius 3 is 2.62 bits per heavy atom. The van der Waals surface area contributed by atoms with Crippen molar-refractivity contribution in [1.82, 2.24) is 9.78 Å². The lowest BCUT2D eigenvalue weighted by Gasteiger charge is -2.23. The van der Waals surface area contributed by atoms with Gasteiger partial charge in [-0.2, -0.15) is 5.10 Å². The summed E-state index contributed by atoms with van der Waals surface area (Å²) in [5.74, 6) is 0.343. The molecule has 16 heavy (non-hydrogen) atoms. The molecule has 0 bridgehead atoms. The maximum absolute atomic E-state index is 11.3. The van der Waals surface area contributed by atoms with E-state index in [1.165, 1.54) is 6.92 Å². The normalized spacial score (nSPS) is 20.8. The Morgan fingerprint density at radius 1 is 1.44 bits per heavy atom. The van der Waals surface area contributed by atoms with Crippen LogP contribution in [0.3, 0.4) is 0 Å². The van der Waals surface area contributed by atoms with Crippen LogP contribution in [0.1, 0.15) is 36.3 Å². The summed E-state index contributed by atoms with van der Waals surface area (Å²) in [5, 5.41) is 4.11. The van der Waals surface area contributed by atoms with Crippen molar-refractivity contribution in [2.45, 2.75) is 25.8 Å². The molecule has 0 saturated carbocycles. The first-order chi connectivity index (χ1) is 7.49. The lowest BCUT2D eigenvalue weighted by Crippen LogP contribution is -2.27. The van der Waals surface area contributed by atoms with E-state index in [9.17, 15) is 13.2 Å². The van der Waals surface area contributed by atoms with E-state index in [4.69, 9.17) is 0 Å². The molecule has 2 heterocycles. The van der Waals surface area contributed by atoms with Crippen molar-refractivity contribution < 1.29 is 13.2 Å². The van der Waals surface area contributed by atoms with E-state index in [0.717, 1.165) is 0 Å². The summed E-state index contributed by atoms with van der Waals surface area (Å²) in [6.45, 7) is 1.49. The largest absolute Gasteiger partial charge is 0.293 e. The highest BCUT2D eigenvalue weighted by atomic mass is 32.2. The molecule has 0 unspecified atom stereocenters. The molecule has 0 radical (unpaired) electrons. The van der Waals surface area contributed by atoms with Crippen molar-refractivity contribution in [3.8, 4) is 0 Å². The Balaban J connectivity index is 2.20. The molecule has 0 atom stereocenters. The van der Waals surface area contributed by atoms with E-state index < -0.39 is 9.84 Å². The Hall–Kier alpha value is -1.17. The highest BCUT2D eigenvalue weighted by molar-refractivity contribution is 7.91. The highest BCUT2D eigenvalue weighted by Gasteiger charge is 2.26. The first-order valence-electron chi connectivity index (χ1n) is 5.24. The standard InChI is InChI=1S/C10H14N2O3S/c1-8(13)10-2-5-11-12(10)9-3-6-16(14,15)7-4-9/h2,5,9H,3-4,6-7H2,1H3. The molecule has 0 N–H and O–H groups in total. The molecule has 0 aromatic carbocycles. The second-order valence-corrected chi connectivity index (χ2v) is 6.40. The van der Waals surface area contributed by atoms with Gasteiger partial charge in [0.1, 0.15) is 15.5 Å². The molecule has 2 rings (SSSR count). The maximum atomic E-state index is 11.3.